The van der Waals surface area contributed by atoms with E-state index in [9.17, 15) is 14.0 Å². The molecule has 4 aliphatic rings. The van der Waals surface area contributed by atoms with Crippen molar-refractivity contribution in [1.82, 2.24) is 24.8 Å². The summed E-state index contributed by atoms with van der Waals surface area (Å²) in [6.07, 6.45) is 4.41. The third-order valence-corrected chi connectivity index (χ3v) is 20.5. The molecule has 0 bridgehead atoms. The monoisotopic (exact) mass is 854 g/mol. The number of hydrogen-bond donors (Lipinski definition) is 0. The number of benzene rings is 2. The summed E-state index contributed by atoms with van der Waals surface area (Å²) in [6.45, 7) is 19.0. The normalized spacial score (nSPS) is 23.0. The van der Waals surface area contributed by atoms with Gasteiger partial charge in [0.2, 0.25) is 5.91 Å². The molecule has 324 valence electrons. The molecule has 4 fully saturated rings. The first-order valence-electron chi connectivity index (χ1n) is 21.9. The van der Waals surface area contributed by atoms with E-state index >= 15 is 8.78 Å². The molecule has 0 aliphatic carbocycles. The van der Waals surface area contributed by atoms with Gasteiger partial charge >= 0.3 is 12.0 Å². The lowest BCUT2D eigenvalue weighted by Gasteiger charge is -2.38. The molecule has 8 rings (SSSR count). The minimum Gasteiger partial charge on any atom is -0.461 e. The third kappa shape index (κ3) is 7.64. The van der Waals surface area contributed by atoms with E-state index in [0.717, 1.165) is 32.2 Å². The highest BCUT2D eigenvalue weighted by atomic mass is 28.3. The van der Waals surface area contributed by atoms with Crippen LogP contribution in [0, 0.1) is 29.0 Å². The predicted molar refractivity (Wildman–Crippen MR) is 234 cm³/mol. The second-order valence-corrected chi connectivity index (χ2v) is 24.3. The number of likely N-dealkylation sites (tertiary alicyclic amines) is 1. The number of rotatable bonds is 9. The van der Waals surface area contributed by atoms with Gasteiger partial charge in [-0.25, -0.2) is 13.2 Å². The molecule has 6 heterocycles. The largest absolute Gasteiger partial charge is 0.461 e. The minimum absolute atomic E-state index is 0.000678. The molecule has 0 N–H and O–H groups in total. The number of anilines is 1. The Morgan fingerprint density at radius 3 is 2.44 bits per heavy atom. The van der Waals surface area contributed by atoms with E-state index in [2.05, 4.69) is 62.8 Å². The lowest BCUT2D eigenvalue weighted by atomic mass is 9.92. The van der Waals surface area contributed by atoms with E-state index in [0.29, 0.717) is 54.6 Å². The van der Waals surface area contributed by atoms with E-state index < -0.39 is 37.4 Å². The molecule has 2 aromatic carbocycles. The molecule has 0 spiro atoms. The number of hydrogen-bond acceptors (Lipinski definition) is 9. The van der Waals surface area contributed by atoms with Gasteiger partial charge in [0, 0.05) is 63.6 Å². The molecule has 10 nitrogen and oxygen atoms in total. The number of aromatic nitrogens is 3. The first kappa shape index (κ1) is 42.9. The van der Waals surface area contributed by atoms with Crippen LogP contribution in [0.4, 0.5) is 19.0 Å². The maximum atomic E-state index is 17.8. The van der Waals surface area contributed by atoms with Gasteiger partial charge in [-0.15, -0.1) is 5.54 Å². The number of esters is 1. The lowest BCUT2D eigenvalue weighted by molar-refractivity contribution is -0.132. The number of fused-ring (bicyclic) bond motifs is 4. The molecule has 4 aromatic rings. The second-order valence-electron chi connectivity index (χ2n) is 18.7. The number of carbonyl (C=O) groups is 2. The molecule has 4 aliphatic heterocycles. The fourth-order valence-corrected chi connectivity index (χ4v) is 16.6. The van der Waals surface area contributed by atoms with Gasteiger partial charge in [-0.2, -0.15) is 9.97 Å². The zero-order valence-corrected chi connectivity index (χ0v) is 37.6. The topological polar surface area (TPSA) is 101 Å². The Labute approximate surface area is 357 Å². The number of halogens is 3. The van der Waals surface area contributed by atoms with Gasteiger partial charge in [-0.3, -0.25) is 19.5 Å². The highest BCUT2D eigenvalue weighted by Gasteiger charge is 2.50. The maximum absolute atomic E-state index is 17.8. The fourth-order valence-electron chi connectivity index (χ4n) is 11.4. The fraction of sp³-hybridized carbons (Fsp3) is 0.553. The van der Waals surface area contributed by atoms with Crippen LogP contribution in [0.1, 0.15) is 93.1 Å². The summed E-state index contributed by atoms with van der Waals surface area (Å²) in [5, 5.41) is 1.20. The van der Waals surface area contributed by atoms with Gasteiger partial charge < -0.3 is 19.3 Å². The lowest BCUT2D eigenvalue weighted by Crippen LogP contribution is -2.46. The van der Waals surface area contributed by atoms with Gasteiger partial charge in [-0.05, 0) is 78.4 Å². The highest BCUT2D eigenvalue weighted by Crippen LogP contribution is 2.44. The van der Waals surface area contributed by atoms with Crippen LogP contribution in [0.2, 0.25) is 16.6 Å². The number of nitrogens with zero attached hydrogens (tertiary/aromatic N) is 6. The summed E-state index contributed by atoms with van der Waals surface area (Å²) in [5.41, 5.74) is 4.12. The predicted octanol–water partition coefficient (Wildman–Crippen LogP) is 9.02. The van der Waals surface area contributed by atoms with Crippen molar-refractivity contribution in [3.8, 4) is 34.5 Å². The molecule has 4 atom stereocenters. The molecule has 2 unspecified atom stereocenters. The van der Waals surface area contributed by atoms with Gasteiger partial charge in [-0.1, -0.05) is 53.5 Å². The summed E-state index contributed by atoms with van der Waals surface area (Å²) >= 11 is 0. The van der Waals surface area contributed by atoms with Crippen LogP contribution in [0.5, 0.6) is 11.8 Å². The van der Waals surface area contributed by atoms with E-state index in [1.165, 1.54) is 19.1 Å². The molecule has 0 radical (unpaired) electrons. The van der Waals surface area contributed by atoms with Crippen molar-refractivity contribution in [2.75, 3.05) is 44.2 Å². The van der Waals surface area contributed by atoms with Crippen LogP contribution in [0.3, 0.4) is 0 Å². The average molecular weight is 855 g/mol. The van der Waals surface area contributed by atoms with Crippen molar-refractivity contribution in [2.24, 2.45) is 5.92 Å². The second kappa shape index (κ2) is 16.5. The van der Waals surface area contributed by atoms with Gasteiger partial charge in [0.05, 0.1) is 22.5 Å². The Bertz CT molecular complexity index is 2430. The van der Waals surface area contributed by atoms with Crippen molar-refractivity contribution in [1.29, 1.82) is 0 Å². The van der Waals surface area contributed by atoms with Crippen molar-refractivity contribution < 1.29 is 32.2 Å². The van der Waals surface area contributed by atoms with Gasteiger partial charge in [0.1, 0.15) is 49.4 Å². The van der Waals surface area contributed by atoms with Crippen molar-refractivity contribution in [2.45, 2.75) is 122 Å². The van der Waals surface area contributed by atoms with Gasteiger partial charge in [0.25, 0.3) is 0 Å². The summed E-state index contributed by atoms with van der Waals surface area (Å²) in [5.74, 6) is 2.16. The quantitative estimate of drug-likeness (QED) is 0.0707. The van der Waals surface area contributed by atoms with Gasteiger partial charge in [0.15, 0.2) is 5.82 Å². The Hall–Kier alpha value is -4.74. The molecular weight excluding hydrogens is 798 g/mol. The maximum Gasteiger partial charge on any atom is 0.319 e. The smallest absolute Gasteiger partial charge is 0.319 e. The van der Waals surface area contributed by atoms with E-state index in [1.807, 2.05) is 4.90 Å². The third-order valence-electron chi connectivity index (χ3n) is 14.2. The van der Waals surface area contributed by atoms with Crippen LogP contribution < -0.4 is 14.4 Å². The number of ether oxygens (including phenoxy) is 2. The minimum atomic E-state index is -2.34. The average Bonchev–Trinajstić information content (AvgIpc) is 3.90. The Morgan fingerprint density at radius 1 is 0.984 bits per heavy atom. The van der Waals surface area contributed by atoms with E-state index in [1.54, 1.807) is 25.3 Å². The van der Waals surface area contributed by atoms with Crippen molar-refractivity contribution in [3.05, 3.63) is 47.7 Å². The first-order valence-corrected chi connectivity index (χ1v) is 24.1. The number of piperidine rings is 1. The highest BCUT2D eigenvalue weighted by molar-refractivity contribution is 6.90. The first-order chi connectivity index (χ1) is 29.0. The SMILES string of the molecule is CC(=O)Oc1cc(-c2ncc3c(N4CCCC5CN(C(C)=O)CC54)nc(OC[C@@]45CCCN4C[C@H](F)C5)nc3c2F)c2c(C#C[Si](C(C)C)(C(C)C)C(C)C)c(F)ccc2c1. The van der Waals surface area contributed by atoms with Crippen molar-refractivity contribution in [3.63, 3.8) is 0 Å². The van der Waals surface area contributed by atoms with Crippen LogP contribution in [-0.4, -0.2) is 102 Å². The number of pyridine rings is 1. The van der Waals surface area contributed by atoms with E-state index in [4.69, 9.17) is 24.4 Å². The van der Waals surface area contributed by atoms with Crippen molar-refractivity contribution >= 4 is 47.4 Å². The van der Waals surface area contributed by atoms with Crippen LogP contribution in [-0.2, 0) is 9.59 Å². The summed E-state index contributed by atoms with van der Waals surface area (Å²) < 4.78 is 60.9. The Morgan fingerprint density at radius 2 is 1.74 bits per heavy atom. The Kier molecular flexibility index (Phi) is 11.6. The van der Waals surface area contributed by atoms with Crippen LogP contribution >= 0.6 is 0 Å². The number of carbonyl (C=O) groups excluding carboxylic acids is 2. The van der Waals surface area contributed by atoms with Crippen LogP contribution in [0.25, 0.3) is 32.9 Å². The van der Waals surface area contributed by atoms with E-state index in [-0.39, 0.29) is 75.2 Å². The standard InChI is InChI=1S/C47H57F3N6O4Si/c1-27(2)61(28(3)4,29(5)6)18-14-36-39(49)13-12-32-19-35(60-31(8)58)20-37(41(32)36)43-42(50)44-38(22-51-43)45(56-17-9-11-33-23-54(30(7)57)25-40(33)56)53-46(52-44)59-26-47-15-10-16-55(47)24-34(48)21-47/h12-13,19-20,22,27-29,33-34,40H,9-11,15-17,21,23-26H2,1-8H3/t33?,34-,40?,47+/m1/s1. The molecule has 1 amide bonds. The molecule has 0 saturated carbocycles. The summed E-state index contributed by atoms with van der Waals surface area (Å²) in [6, 6.07) is 5.94. The number of amides is 1. The molecule has 14 heteroatoms. The molecule has 4 saturated heterocycles. The molecular formula is C47H57F3N6O4Si. The summed E-state index contributed by atoms with van der Waals surface area (Å²) in [7, 11) is -2.34. The summed E-state index contributed by atoms with van der Waals surface area (Å²) in [4.78, 5) is 45.4. The molecule has 2 aromatic heterocycles. The zero-order chi connectivity index (χ0) is 43.5. The Balaban J connectivity index is 1.33. The number of alkyl halides is 1. The zero-order valence-electron chi connectivity index (χ0n) is 36.6. The van der Waals surface area contributed by atoms with Crippen LogP contribution in [0.15, 0.2) is 30.5 Å². The molecule has 61 heavy (non-hydrogen) atoms.